The highest BCUT2D eigenvalue weighted by atomic mass is 79.9. The van der Waals surface area contributed by atoms with Crippen LogP contribution in [0, 0.1) is 6.92 Å². The van der Waals surface area contributed by atoms with Gasteiger partial charge in [0.15, 0.2) is 5.58 Å². The molecule has 1 heterocycles. The van der Waals surface area contributed by atoms with E-state index in [1.807, 2.05) is 25.1 Å². The third kappa shape index (κ3) is 1.86. The number of oxazole rings is 1. The molecule has 0 N–H and O–H groups in total. The summed E-state index contributed by atoms with van der Waals surface area (Å²) >= 11 is 3.35. The molecule has 0 atom stereocenters. The van der Waals surface area contributed by atoms with E-state index in [1.54, 1.807) is 4.57 Å². The number of hydrogen-bond donors (Lipinski definition) is 0. The van der Waals surface area contributed by atoms with E-state index < -0.39 is 0 Å². The van der Waals surface area contributed by atoms with Gasteiger partial charge in [0.1, 0.15) is 0 Å². The smallest absolute Gasteiger partial charge is 0.407 e. The van der Waals surface area contributed by atoms with Crippen LogP contribution < -0.4 is 5.76 Å². The molecule has 15 heavy (non-hydrogen) atoms. The Morgan fingerprint density at radius 3 is 3.00 bits per heavy atom. The van der Waals surface area contributed by atoms with Gasteiger partial charge in [-0.3, -0.25) is 4.57 Å². The number of nitrogens with zero attached hydrogens (tertiary/aromatic N) is 1. The van der Waals surface area contributed by atoms with Crippen molar-refractivity contribution in [3.8, 4) is 0 Å². The average molecular weight is 270 g/mol. The predicted molar refractivity (Wildman–Crippen MR) is 63.6 cm³/mol. The van der Waals surface area contributed by atoms with Crippen LogP contribution in [-0.4, -0.2) is 9.90 Å². The summed E-state index contributed by atoms with van der Waals surface area (Å²) in [5.74, 6) is -0.264. The lowest BCUT2D eigenvalue weighted by Crippen LogP contribution is -2.14. The molecule has 2 rings (SSSR count). The third-order valence-corrected chi connectivity index (χ3v) is 2.97. The molecule has 0 radical (unpaired) electrons. The summed E-state index contributed by atoms with van der Waals surface area (Å²) in [4.78, 5) is 11.6. The first kappa shape index (κ1) is 10.5. The Bertz CT molecular complexity index is 527. The van der Waals surface area contributed by atoms with Crippen molar-refractivity contribution in [3.63, 3.8) is 0 Å². The fraction of sp³-hybridized carbons (Fsp3) is 0.364. The Hall–Kier alpha value is -1.03. The van der Waals surface area contributed by atoms with E-state index in [1.165, 1.54) is 0 Å². The number of fused-ring (bicyclic) bond motifs is 1. The molecule has 0 spiro atoms. The molecule has 1 aromatic carbocycles. The molecule has 0 bridgehead atoms. The maximum Gasteiger partial charge on any atom is 0.419 e. The van der Waals surface area contributed by atoms with Crippen molar-refractivity contribution in [1.82, 2.24) is 4.57 Å². The molecule has 0 saturated heterocycles. The highest BCUT2D eigenvalue weighted by Gasteiger charge is 2.09. The zero-order valence-corrected chi connectivity index (χ0v) is 10.1. The number of hydrogen-bond acceptors (Lipinski definition) is 2. The van der Waals surface area contributed by atoms with Crippen LogP contribution >= 0.6 is 15.9 Å². The van der Waals surface area contributed by atoms with E-state index in [2.05, 4.69) is 15.9 Å². The summed E-state index contributed by atoms with van der Waals surface area (Å²) in [6, 6.07) is 5.80. The molecule has 2 aromatic rings. The molecule has 0 saturated carbocycles. The highest BCUT2D eigenvalue weighted by molar-refractivity contribution is 9.09. The van der Waals surface area contributed by atoms with Gasteiger partial charge in [0.2, 0.25) is 0 Å². The number of halogens is 1. The molecule has 0 aliphatic rings. The molecular weight excluding hydrogens is 258 g/mol. The monoisotopic (exact) mass is 269 g/mol. The molecule has 0 unspecified atom stereocenters. The maximum absolute atomic E-state index is 11.6. The zero-order valence-electron chi connectivity index (χ0n) is 8.50. The van der Waals surface area contributed by atoms with E-state index in [9.17, 15) is 4.79 Å². The topological polar surface area (TPSA) is 35.1 Å². The highest BCUT2D eigenvalue weighted by Crippen LogP contribution is 2.16. The van der Waals surface area contributed by atoms with Crippen LogP contribution in [0.15, 0.2) is 27.4 Å². The van der Waals surface area contributed by atoms with Gasteiger partial charge in [-0.05, 0) is 25.0 Å². The Labute approximate surface area is 95.8 Å². The summed E-state index contributed by atoms with van der Waals surface area (Å²) in [5.41, 5.74) is 2.60. The largest absolute Gasteiger partial charge is 0.419 e. The van der Waals surface area contributed by atoms with Crippen molar-refractivity contribution < 1.29 is 4.42 Å². The van der Waals surface area contributed by atoms with Gasteiger partial charge >= 0.3 is 5.76 Å². The molecule has 0 fully saturated rings. The summed E-state index contributed by atoms with van der Waals surface area (Å²) in [5, 5.41) is 0.887. The van der Waals surface area contributed by atoms with Crippen LogP contribution in [-0.2, 0) is 6.54 Å². The van der Waals surface area contributed by atoms with Crippen molar-refractivity contribution in [2.45, 2.75) is 19.9 Å². The summed E-state index contributed by atoms with van der Waals surface area (Å²) in [6.45, 7) is 2.64. The second-order valence-corrected chi connectivity index (χ2v) is 4.28. The van der Waals surface area contributed by atoms with E-state index in [4.69, 9.17) is 4.42 Å². The van der Waals surface area contributed by atoms with Crippen molar-refractivity contribution in [2.24, 2.45) is 0 Å². The number of aryl methyl sites for hydroxylation is 2. The Kier molecular flexibility index (Phi) is 2.95. The van der Waals surface area contributed by atoms with Gasteiger partial charge in [-0.1, -0.05) is 28.1 Å². The van der Waals surface area contributed by atoms with Crippen LogP contribution in [0.5, 0.6) is 0 Å². The fourth-order valence-corrected chi connectivity index (χ4v) is 1.90. The number of alkyl halides is 1. The first-order valence-corrected chi connectivity index (χ1v) is 6.01. The number of aromatic nitrogens is 1. The minimum Gasteiger partial charge on any atom is -0.407 e. The molecule has 3 nitrogen and oxygen atoms in total. The summed E-state index contributed by atoms with van der Waals surface area (Å²) < 4.78 is 6.90. The van der Waals surface area contributed by atoms with E-state index in [0.29, 0.717) is 12.1 Å². The second-order valence-electron chi connectivity index (χ2n) is 3.49. The molecule has 0 aliphatic heterocycles. The SMILES string of the molecule is Cc1cccc2c1oc(=O)n2CCCBr. The van der Waals surface area contributed by atoms with Gasteiger partial charge in [0.25, 0.3) is 0 Å². The molecule has 1 aromatic heterocycles. The normalized spacial score (nSPS) is 11.1. The minimum atomic E-state index is -0.264. The average Bonchev–Trinajstić information content (AvgIpc) is 2.54. The van der Waals surface area contributed by atoms with E-state index in [0.717, 1.165) is 22.8 Å². The zero-order chi connectivity index (χ0) is 10.8. The molecule has 4 heteroatoms. The number of benzene rings is 1. The Morgan fingerprint density at radius 2 is 2.27 bits per heavy atom. The van der Waals surface area contributed by atoms with Crippen molar-refractivity contribution in [2.75, 3.05) is 5.33 Å². The first-order chi connectivity index (χ1) is 7.24. The van der Waals surface area contributed by atoms with Gasteiger partial charge in [-0.15, -0.1) is 0 Å². The van der Waals surface area contributed by atoms with Crippen LogP contribution in [0.3, 0.4) is 0 Å². The van der Waals surface area contributed by atoms with Crippen molar-refractivity contribution in [1.29, 1.82) is 0 Å². The van der Waals surface area contributed by atoms with Crippen LogP contribution in [0.2, 0.25) is 0 Å². The van der Waals surface area contributed by atoms with Crippen molar-refractivity contribution >= 4 is 27.0 Å². The lowest BCUT2D eigenvalue weighted by atomic mass is 10.2. The van der Waals surface area contributed by atoms with E-state index >= 15 is 0 Å². The van der Waals surface area contributed by atoms with Crippen LogP contribution in [0.4, 0.5) is 0 Å². The van der Waals surface area contributed by atoms with Gasteiger partial charge < -0.3 is 4.42 Å². The summed E-state index contributed by atoms with van der Waals surface area (Å²) in [6.07, 6.45) is 0.919. The van der Waals surface area contributed by atoms with Crippen LogP contribution in [0.1, 0.15) is 12.0 Å². The first-order valence-electron chi connectivity index (χ1n) is 4.89. The number of para-hydroxylation sites is 1. The quantitative estimate of drug-likeness (QED) is 0.804. The molecule has 0 amide bonds. The number of rotatable bonds is 3. The molecular formula is C11H12BrNO2. The third-order valence-electron chi connectivity index (χ3n) is 2.41. The Morgan fingerprint density at radius 1 is 1.47 bits per heavy atom. The van der Waals surface area contributed by atoms with Gasteiger partial charge in [-0.2, -0.15) is 0 Å². The van der Waals surface area contributed by atoms with Gasteiger partial charge in [-0.25, -0.2) is 4.79 Å². The predicted octanol–water partition coefficient (Wildman–Crippen LogP) is 2.69. The lowest BCUT2D eigenvalue weighted by molar-refractivity contribution is 0.502. The van der Waals surface area contributed by atoms with Gasteiger partial charge in [0, 0.05) is 11.9 Å². The fourth-order valence-electron chi connectivity index (χ4n) is 1.65. The van der Waals surface area contributed by atoms with E-state index in [-0.39, 0.29) is 5.76 Å². The minimum absolute atomic E-state index is 0.264. The van der Waals surface area contributed by atoms with Gasteiger partial charge in [0.05, 0.1) is 5.52 Å². The molecule has 0 aliphatic carbocycles. The Balaban J connectivity index is 2.58. The standard InChI is InChI=1S/C11H12BrNO2/c1-8-4-2-5-9-10(8)15-11(14)13(9)7-3-6-12/h2,4-5H,3,6-7H2,1H3. The lowest BCUT2D eigenvalue weighted by Gasteiger charge is -1.99. The summed E-state index contributed by atoms with van der Waals surface area (Å²) in [7, 11) is 0. The maximum atomic E-state index is 11.6. The van der Waals surface area contributed by atoms with Crippen LogP contribution in [0.25, 0.3) is 11.1 Å². The van der Waals surface area contributed by atoms with Crippen molar-refractivity contribution in [3.05, 3.63) is 34.3 Å². The second kappa shape index (κ2) is 4.23. The molecule has 80 valence electrons.